The third kappa shape index (κ3) is 2.34. The van der Waals surface area contributed by atoms with Gasteiger partial charge in [0.2, 0.25) is 0 Å². The van der Waals surface area contributed by atoms with Crippen molar-refractivity contribution in [2.75, 3.05) is 0 Å². The largest absolute Gasteiger partial charge is 0.290 e. The molecule has 1 rings (SSSR count). The second-order valence-corrected chi connectivity index (χ2v) is 4.91. The average Bonchev–Trinajstić information content (AvgIpc) is 2.01. The van der Waals surface area contributed by atoms with Crippen molar-refractivity contribution < 1.29 is 4.79 Å². The van der Waals surface area contributed by atoms with Crippen molar-refractivity contribution in [2.45, 2.75) is 40.5 Å². The molecule has 1 atom stereocenters. The summed E-state index contributed by atoms with van der Waals surface area (Å²) in [5, 5.41) is 0. The van der Waals surface area contributed by atoms with Crippen LogP contribution in [0.25, 0.3) is 0 Å². The van der Waals surface area contributed by atoms with Gasteiger partial charge in [0.1, 0.15) is 0 Å². The summed E-state index contributed by atoms with van der Waals surface area (Å²) >= 11 is 0. The van der Waals surface area contributed by atoms with Crippen molar-refractivity contribution in [3.8, 4) is 0 Å². The van der Waals surface area contributed by atoms with Gasteiger partial charge in [0.25, 0.3) is 0 Å². The van der Waals surface area contributed by atoms with Crippen molar-refractivity contribution in [1.82, 2.24) is 0 Å². The van der Waals surface area contributed by atoms with Crippen LogP contribution >= 0.6 is 0 Å². The maximum atomic E-state index is 11.8. The lowest BCUT2D eigenvalue weighted by molar-refractivity contribution is -0.112. The third-order valence-electron chi connectivity index (χ3n) is 2.90. The van der Waals surface area contributed by atoms with Crippen LogP contribution in [0.5, 0.6) is 0 Å². The molecule has 0 aromatic rings. The van der Waals surface area contributed by atoms with Crippen molar-refractivity contribution in [3.05, 3.63) is 23.8 Å². The van der Waals surface area contributed by atoms with E-state index in [2.05, 4.69) is 26.8 Å². The van der Waals surface area contributed by atoms with Gasteiger partial charge in [-0.05, 0) is 37.2 Å². The number of carbonyl (C=O) groups is 1. The zero-order valence-corrected chi connectivity index (χ0v) is 9.63. The summed E-state index contributed by atoms with van der Waals surface area (Å²) in [6, 6.07) is 0. The van der Waals surface area contributed by atoms with Crippen LogP contribution in [0.1, 0.15) is 40.5 Å². The molecular formula is C13H20O. The number of hydrogen-bond acceptors (Lipinski definition) is 1. The molecule has 1 aliphatic carbocycles. The highest BCUT2D eigenvalue weighted by Gasteiger charge is 2.31. The highest BCUT2D eigenvalue weighted by Crippen LogP contribution is 2.39. The van der Waals surface area contributed by atoms with Gasteiger partial charge in [0.15, 0.2) is 5.78 Å². The molecule has 0 aromatic carbocycles. The molecule has 0 amide bonds. The Morgan fingerprint density at radius 1 is 1.57 bits per heavy atom. The normalized spacial score (nSPS) is 26.3. The van der Waals surface area contributed by atoms with Crippen LogP contribution in [-0.2, 0) is 4.79 Å². The molecule has 0 aliphatic heterocycles. The summed E-state index contributed by atoms with van der Waals surface area (Å²) < 4.78 is 0. The molecule has 0 saturated heterocycles. The minimum Gasteiger partial charge on any atom is -0.290 e. The van der Waals surface area contributed by atoms with Gasteiger partial charge >= 0.3 is 0 Å². The van der Waals surface area contributed by atoms with Crippen molar-refractivity contribution in [1.29, 1.82) is 0 Å². The fraction of sp³-hybridized carbons (Fsp3) is 0.615. The summed E-state index contributed by atoms with van der Waals surface area (Å²) in [5.41, 5.74) is 1.04. The van der Waals surface area contributed by atoms with E-state index in [0.29, 0.717) is 5.92 Å². The molecule has 0 aromatic heterocycles. The summed E-state index contributed by atoms with van der Waals surface area (Å²) in [6.45, 7) is 8.46. The minimum absolute atomic E-state index is 0.0499. The third-order valence-corrected chi connectivity index (χ3v) is 2.90. The van der Waals surface area contributed by atoms with Crippen molar-refractivity contribution in [2.24, 2.45) is 11.3 Å². The van der Waals surface area contributed by atoms with E-state index in [1.165, 1.54) is 0 Å². The van der Waals surface area contributed by atoms with E-state index in [1.54, 1.807) is 6.08 Å². The lowest BCUT2D eigenvalue weighted by atomic mass is 9.70. The number of ketones is 1. The Balaban J connectivity index is 2.92. The smallest absolute Gasteiger partial charge is 0.181 e. The molecule has 14 heavy (non-hydrogen) atoms. The second kappa shape index (κ2) is 4.12. The first-order chi connectivity index (χ1) is 6.47. The molecule has 1 unspecified atom stereocenters. The van der Waals surface area contributed by atoms with Crippen LogP contribution in [0.15, 0.2) is 23.8 Å². The topological polar surface area (TPSA) is 17.1 Å². The number of hydrogen-bond donors (Lipinski definition) is 0. The summed E-state index contributed by atoms with van der Waals surface area (Å²) in [7, 11) is 0. The molecule has 78 valence electrons. The Hall–Kier alpha value is -0.850. The Morgan fingerprint density at radius 3 is 2.71 bits per heavy atom. The molecule has 0 N–H and O–H groups in total. The van der Waals surface area contributed by atoms with E-state index in [-0.39, 0.29) is 11.2 Å². The van der Waals surface area contributed by atoms with E-state index in [1.807, 2.05) is 13.0 Å². The maximum absolute atomic E-state index is 11.8. The van der Waals surface area contributed by atoms with Gasteiger partial charge in [0.05, 0.1) is 0 Å². The van der Waals surface area contributed by atoms with Gasteiger partial charge in [-0.1, -0.05) is 32.9 Å². The molecule has 1 nitrogen and oxygen atoms in total. The number of rotatable bonds is 2. The fourth-order valence-electron chi connectivity index (χ4n) is 2.34. The summed E-state index contributed by atoms with van der Waals surface area (Å²) in [5.74, 6) is 0.886. The molecule has 0 fully saturated rings. The van der Waals surface area contributed by atoms with Crippen molar-refractivity contribution >= 4 is 5.78 Å². The predicted octanol–water partition coefficient (Wildman–Crippen LogP) is 3.51. The fourth-order valence-corrected chi connectivity index (χ4v) is 2.34. The SMILES string of the molecule is CC=CC(=O)C1=CCC(C)CC1(C)C. The first-order valence-electron chi connectivity index (χ1n) is 5.35. The molecular weight excluding hydrogens is 172 g/mol. The van der Waals surface area contributed by atoms with Crippen LogP contribution in [0.3, 0.4) is 0 Å². The Bertz CT molecular complexity index is 282. The molecule has 1 aliphatic rings. The molecule has 0 bridgehead atoms. The van der Waals surface area contributed by atoms with E-state index >= 15 is 0 Å². The molecule has 0 saturated carbocycles. The number of carbonyl (C=O) groups excluding carboxylic acids is 1. The van der Waals surface area contributed by atoms with Crippen LogP contribution in [0.4, 0.5) is 0 Å². The molecule has 0 heterocycles. The second-order valence-electron chi connectivity index (χ2n) is 4.91. The summed E-state index contributed by atoms with van der Waals surface area (Å²) in [6.07, 6.45) is 7.77. The van der Waals surface area contributed by atoms with Gasteiger partial charge in [-0.3, -0.25) is 4.79 Å². The first-order valence-corrected chi connectivity index (χ1v) is 5.35. The number of allylic oxidation sites excluding steroid dienone is 4. The van der Waals surface area contributed by atoms with Gasteiger partial charge in [-0.15, -0.1) is 0 Å². The summed E-state index contributed by atoms with van der Waals surface area (Å²) in [4.78, 5) is 11.8. The highest BCUT2D eigenvalue weighted by molar-refractivity contribution is 6.04. The monoisotopic (exact) mass is 192 g/mol. The molecule has 0 spiro atoms. The predicted molar refractivity (Wildman–Crippen MR) is 60.1 cm³/mol. The van der Waals surface area contributed by atoms with Gasteiger partial charge < -0.3 is 0 Å². The van der Waals surface area contributed by atoms with Gasteiger partial charge in [-0.25, -0.2) is 0 Å². The average molecular weight is 192 g/mol. The zero-order chi connectivity index (χ0) is 10.8. The van der Waals surface area contributed by atoms with Gasteiger partial charge in [-0.2, -0.15) is 0 Å². The molecule has 1 heteroatoms. The van der Waals surface area contributed by atoms with E-state index in [9.17, 15) is 4.79 Å². The quantitative estimate of drug-likeness (QED) is 0.612. The van der Waals surface area contributed by atoms with E-state index in [0.717, 1.165) is 18.4 Å². The molecule has 0 radical (unpaired) electrons. The Morgan fingerprint density at radius 2 is 2.21 bits per heavy atom. The van der Waals surface area contributed by atoms with Crippen LogP contribution < -0.4 is 0 Å². The highest BCUT2D eigenvalue weighted by atomic mass is 16.1. The van der Waals surface area contributed by atoms with Crippen molar-refractivity contribution in [3.63, 3.8) is 0 Å². The first kappa shape index (κ1) is 11.2. The zero-order valence-electron chi connectivity index (χ0n) is 9.63. The lowest BCUT2D eigenvalue weighted by Crippen LogP contribution is -2.26. The standard InChI is InChI=1S/C13H20O/c1-5-6-12(14)11-8-7-10(2)9-13(11,3)4/h5-6,8,10H,7,9H2,1-4H3. The maximum Gasteiger partial charge on any atom is 0.181 e. The Labute approximate surface area is 86.9 Å². The lowest BCUT2D eigenvalue weighted by Gasteiger charge is -2.33. The van der Waals surface area contributed by atoms with Gasteiger partial charge in [0, 0.05) is 5.57 Å². The van der Waals surface area contributed by atoms with Crippen LogP contribution in [0.2, 0.25) is 0 Å². The Kier molecular flexibility index (Phi) is 3.30. The van der Waals surface area contributed by atoms with E-state index < -0.39 is 0 Å². The van der Waals surface area contributed by atoms with E-state index in [4.69, 9.17) is 0 Å². The van der Waals surface area contributed by atoms with Crippen LogP contribution in [-0.4, -0.2) is 5.78 Å². The minimum atomic E-state index is 0.0499. The van der Waals surface area contributed by atoms with Crippen LogP contribution in [0, 0.1) is 11.3 Å².